The molecule has 0 bridgehead atoms. The predicted octanol–water partition coefficient (Wildman–Crippen LogP) is 1.91. The summed E-state index contributed by atoms with van der Waals surface area (Å²) in [5, 5.41) is 36.3. The highest BCUT2D eigenvalue weighted by atomic mass is 16.5. The number of carboxylic acids is 1. The molecule has 4 aromatic rings. The third-order valence-electron chi connectivity index (χ3n) is 12.9. The molecule has 5 rings (SSSR count). The Kier molecular flexibility index (Phi) is 23.1. The van der Waals surface area contributed by atoms with Crippen LogP contribution in [0.2, 0.25) is 0 Å². The number of ether oxygens (including phenoxy) is 1. The third kappa shape index (κ3) is 18.8. The average molecular weight is 1050 g/mol. The number of aromatic amines is 1. The number of hydrogen-bond donors (Lipinski definition) is 11. The van der Waals surface area contributed by atoms with Crippen LogP contribution in [0.25, 0.3) is 0 Å². The maximum Gasteiger partial charge on any atom is 0.408 e. The fraction of sp³-hybridized carbons (Fsp3) is 0.434. The van der Waals surface area contributed by atoms with Crippen LogP contribution in [-0.4, -0.2) is 134 Å². The van der Waals surface area contributed by atoms with E-state index in [-0.39, 0.29) is 88.5 Å². The first-order chi connectivity index (χ1) is 36.5. The van der Waals surface area contributed by atoms with Crippen molar-refractivity contribution in [1.29, 1.82) is 0 Å². The van der Waals surface area contributed by atoms with Gasteiger partial charge in [0.05, 0.1) is 6.33 Å². The second kappa shape index (κ2) is 30.0. The van der Waals surface area contributed by atoms with E-state index in [2.05, 4.69) is 46.9 Å². The second-order valence-electron chi connectivity index (χ2n) is 18.6. The monoisotopic (exact) mass is 1050 g/mol. The smallest absolute Gasteiger partial charge is 0.408 e. The van der Waals surface area contributed by atoms with Crippen molar-refractivity contribution >= 4 is 53.5 Å². The summed E-state index contributed by atoms with van der Waals surface area (Å²) in [6.07, 6.45) is 3.97. The molecule has 7 amide bonds. The quantitative estimate of drug-likeness (QED) is 0.0210. The molecule has 1 aliphatic heterocycles. The first-order valence-electron chi connectivity index (χ1n) is 25.4. The fourth-order valence-electron chi connectivity index (χ4n) is 8.46. The summed E-state index contributed by atoms with van der Waals surface area (Å²) in [4.78, 5) is 122. The summed E-state index contributed by atoms with van der Waals surface area (Å²) in [6.45, 7) is 3.88. The number of aliphatic imine (C=N–C) groups is 1. The molecule has 1 fully saturated rings. The summed E-state index contributed by atoms with van der Waals surface area (Å²) in [6, 6.07) is 16.1. The SMILES string of the molecule is CC[C@@H](C)[C@H](NC(=O)[C@@H]1CCCN1C(=O)[C@H](Cc1cnc[nH]1)NC(=O)[C@H](CCCCNC(=O)[C@H](CCCN=C(N)N)NC(=O)OCc1ccccc1)NC(=O)[C@H](Cc1ccc(O)cc1)NC(=O)c1ccccc1)C(=O)O. The molecule has 1 aromatic heterocycles. The maximum absolute atomic E-state index is 14.7. The minimum atomic E-state index is -1.34. The number of carbonyl (C=O) groups is 8. The van der Waals surface area contributed by atoms with E-state index in [0.29, 0.717) is 30.5 Å². The van der Waals surface area contributed by atoms with Crippen molar-refractivity contribution in [3.05, 3.63) is 120 Å². The number of alkyl carbamates (subject to hydrolysis) is 1. The molecule has 0 saturated carbocycles. The summed E-state index contributed by atoms with van der Waals surface area (Å²) in [5.41, 5.74) is 13.0. The van der Waals surface area contributed by atoms with Crippen molar-refractivity contribution in [2.45, 2.75) is 121 Å². The first-order valence-corrected chi connectivity index (χ1v) is 25.4. The van der Waals surface area contributed by atoms with Crippen LogP contribution in [0, 0.1) is 5.92 Å². The van der Waals surface area contributed by atoms with Crippen LogP contribution < -0.4 is 43.4 Å². The highest BCUT2D eigenvalue weighted by molar-refractivity contribution is 5.99. The predicted molar refractivity (Wildman–Crippen MR) is 280 cm³/mol. The number of amides is 7. The molecule has 2 heterocycles. The van der Waals surface area contributed by atoms with Gasteiger partial charge in [-0.1, -0.05) is 80.9 Å². The number of phenols is 1. The molecule has 408 valence electrons. The van der Waals surface area contributed by atoms with E-state index in [1.807, 2.05) is 6.07 Å². The van der Waals surface area contributed by atoms with Gasteiger partial charge in [-0.05, 0) is 86.3 Å². The number of nitrogens with two attached hydrogens (primary N) is 2. The van der Waals surface area contributed by atoms with E-state index in [0.717, 1.165) is 5.56 Å². The van der Waals surface area contributed by atoms with Crippen LogP contribution >= 0.6 is 0 Å². The molecule has 13 N–H and O–H groups in total. The van der Waals surface area contributed by atoms with Crippen molar-refractivity contribution in [3.63, 3.8) is 0 Å². The number of hydrogen-bond acceptors (Lipinski definition) is 12. The number of aromatic nitrogens is 2. The van der Waals surface area contributed by atoms with Crippen molar-refractivity contribution < 1.29 is 53.3 Å². The minimum absolute atomic E-state index is 0.0161. The molecule has 1 aliphatic rings. The van der Waals surface area contributed by atoms with Gasteiger partial charge in [-0.2, -0.15) is 0 Å². The van der Waals surface area contributed by atoms with Gasteiger partial charge in [0.1, 0.15) is 48.6 Å². The van der Waals surface area contributed by atoms with Crippen LogP contribution in [0.5, 0.6) is 5.75 Å². The molecule has 23 nitrogen and oxygen atoms in total. The number of carboxylic acid groups (broad SMARTS) is 1. The molecule has 0 aliphatic carbocycles. The number of aliphatic carboxylic acids is 1. The number of unbranched alkanes of at least 4 members (excludes halogenated alkanes) is 1. The van der Waals surface area contributed by atoms with E-state index >= 15 is 0 Å². The zero-order valence-electron chi connectivity index (χ0n) is 42.7. The van der Waals surface area contributed by atoms with E-state index in [4.69, 9.17) is 16.2 Å². The minimum Gasteiger partial charge on any atom is -0.508 e. The molecule has 0 spiro atoms. The van der Waals surface area contributed by atoms with Crippen molar-refractivity contribution in [1.82, 2.24) is 46.8 Å². The molecular formula is C53H70N12O11. The van der Waals surface area contributed by atoms with E-state index in [1.54, 1.807) is 80.6 Å². The van der Waals surface area contributed by atoms with Gasteiger partial charge < -0.3 is 68.2 Å². The Bertz CT molecular complexity index is 2560. The number of likely N-dealkylation sites (tertiary alicyclic amines) is 1. The Morgan fingerprint density at radius 3 is 2.09 bits per heavy atom. The van der Waals surface area contributed by atoms with Crippen molar-refractivity contribution in [2.24, 2.45) is 22.4 Å². The number of nitrogens with zero attached hydrogens (tertiary/aromatic N) is 3. The van der Waals surface area contributed by atoms with Gasteiger partial charge in [0.25, 0.3) is 5.91 Å². The molecule has 76 heavy (non-hydrogen) atoms. The number of benzene rings is 3. The zero-order chi connectivity index (χ0) is 55.0. The Hall–Kier alpha value is -8.50. The molecule has 1 saturated heterocycles. The molecule has 23 heteroatoms. The number of carbonyl (C=O) groups excluding carboxylic acids is 7. The molecule has 7 atom stereocenters. The summed E-state index contributed by atoms with van der Waals surface area (Å²) in [5.74, 6) is -5.66. The first kappa shape index (κ1) is 58.4. The van der Waals surface area contributed by atoms with Crippen molar-refractivity contribution in [2.75, 3.05) is 19.6 Å². The number of rotatable bonds is 29. The van der Waals surface area contributed by atoms with Crippen LogP contribution in [0.15, 0.2) is 102 Å². The Morgan fingerprint density at radius 2 is 1.43 bits per heavy atom. The molecule has 3 aromatic carbocycles. The lowest BCUT2D eigenvalue weighted by atomic mass is 9.98. The maximum atomic E-state index is 14.7. The summed E-state index contributed by atoms with van der Waals surface area (Å²) in [7, 11) is 0. The van der Waals surface area contributed by atoms with E-state index < -0.39 is 89.7 Å². The third-order valence-corrected chi connectivity index (χ3v) is 12.9. The van der Waals surface area contributed by atoms with Gasteiger partial charge in [0.2, 0.25) is 29.5 Å². The van der Waals surface area contributed by atoms with Gasteiger partial charge >= 0.3 is 12.1 Å². The van der Waals surface area contributed by atoms with E-state index in [1.165, 1.54) is 29.6 Å². The lowest BCUT2D eigenvalue weighted by Crippen LogP contribution is -2.59. The van der Waals surface area contributed by atoms with E-state index in [9.17, 15) is 48.6 Å². The number of nitrogens with one attached hydrogen (secondary N) is 7. The Balaban J connectivity index is 1.36. The number of H-pyrrole nitrogens is 1. The van der Waals surface area contributed by atoms with Crippen LogP contribution in [0.1, 0.15) is 92.4 Å². The Morgan fingerprint density at radius 1 is 0.776 bits per heavy atom. The topological polar surface area (TPSA) is 355 Å². The second-order valence-corrected chi connectivity index (χ2v) is 18.6. The van der Waals surface area contributed by atoms with Gasteiger partial charge in [-0.15, -0.1) is 0 Å². The molecule has 0 radical (unpaired) electrons. The number of guanidine groups is 1. The van der Waals surface area contributed by atoms with Crippen LogP contribution in [-0.2, 0) is 53.0 Å². The summed E-state index contributed by atoms with van der Waals surface area (Å²) < 4.78 is 5.35. The van der Waals surface area contributed by atoms with Gasteiger partial charge in [-0.25, -0.2) is 14.6 Å². The van der Waals surface area contributed by atoms with Gasteiger partial charge in [0.15, 0.2) is 5.96 Å². The van der Waals surface area contributed by atoms with Crippen LogP contribution in [0.3, 0.4) is 0 Å². The number of imidazole rings is 1. The zero-order valence-corrected chi connectivity index (χ0v) is 42.7. The average Bonchev–Trinajstić information content (AvgIpc) is 4.13. The molecule has 0 unspecified atom stereocenters. The molecular weight excluding hydrogens is 981 g/mol. The highest BCUT2D eigenvalue weighted by Gasteiger charge is 2.40. The Labute approximate surface area is 440 Å². The number of phenolic OH excluding ortho intramolecular Hbond substituents is 1. The normalized spacial score (nSPS) is 15.3. The van der Waals surface area contributed by atoms with Gasteiger partial charge in [0, 0.05) is 49.9 Å². The van der Waals surface area contributed by atoms with Crippen LogP contribution in [0.4, 0.5) is 4.79 Å². The van der Waals surface area contributed by atoms with Gasteiger partial charge in [-0.3, -0.25) is 33.8 Å². The summed E-state index contributed by atoms with van der Waals surface area (Å²) >= 11 is 0. The van der Waals surface area contributed by atoms with Crippen molar-refractivity contribution in [3.8, 4) is 5.75 Å². The fourth-order valence-corrected chi connectivity index (χ4v) is 8.46. The largest absolute Gasteiger partial charge is 0.508 e. The lowest BCUT2D eigenvalue weighted by Gasteiger charge is -2.31. The highest BCUT2D eigenvalue weighted by Crippen LogP contribution is 2.21. The standard InChI is InChI=1S/C53H70N12O11/c1-3-33(2)44(51(73)74)64-49(71)43-20-13-27-65(43)50(72)42(29-37-30-56-32-59-37)62-47(69)40(60-48(70)41(28-34-21-23-38(66)24-22-34)61-45(67)36-16-8-5-9-17-36)18-10-11-25-57-46(68)39(19-12-26-58-52(54)55)63-53(75)76-31-35-14-6-4-7-15-35/h4-9,14-17,21-24,30,32-33,39-44,66H,3,10-13,18-20,25-29,31H2,1-2H3,(H,56,59)(H,57,68)(H,60,70)(H,61,67)(H,62,69)(H,63,75)(H,64,71)(H,73,74)(H4,54,55,58)/t33-,39+,40+,41+,42+,43+,44+/m1/s1. The lowest BCUT2D eigenvalue weighted by molar-refractivity contribution is -0.146. The number of aromatic hydroxyl groups is 1.